The van der Waals surface area contributed by atoms with E-state index in [1.54, 1.807) is 0 Å². The van der Waals surface area contributed by atoms with Crippen LogP contribution in [0.3, 0.4) is 0 Å². The molecule has 1 amide bonds. The van der Waals surface area contributed by atoms with Crippen LogP contribution in [-0.2, 0) is 11.2 Å². The predicted octanol–water partition coefficient (Wildman–Crippen LogP) is 1.55. The fourth-order valence-electron chi connectivity index (χ4n) is 1.99. The van der Waals surface area contributed by atoms with Crippen molar-refractivity contribution in [2.75, 3.05) is 11.9 Å². The molecule has 0 aliphatic carbocycles. The molecule has 3 nitrogen and oxygen atoms in total. The Balaban J connectivity index is 1.93. The van der Waals surface area contributed by atoms with Gasteiger partial charge >= 0.3 is 0 Å². The van der Waals surface area contributed by atoms with Crippen LogP contribution >= 0.6 is 0 Å². The average Bonchev–Trinajstić information content (AvgIpc) is 2.59. The Bertz CT molecular complexity index is 337. The van der Waals surface area contributed by atoms with Crippen molar-refractivity contribution in [1.29, 1.82) is 0 Å². The van der Waals surface area contributed by atoms with Crippen molar-refractivity contribution < 1.29 is 4.79 Å². The van der Waals surface area contributed by atoms with E-state index in [1.165, 1.54) is 11.3 Å². The Kier molecular flexibility index (Phi) is 2.90. The Morgan fingerprint density at radius 3 is 3.07 bits per heavy atom. The van der Waals surface area contributed by atoms with E-state index >= 15 is 0 Å². The van der Waals surface area contributed by atoms with Gasteiger partial charge in [0.2, 0.25) is 5.91 Å². The molecule has 0 saturated heterocycles. The van der Waals surface area contributed by atoms with E-state index in [1.807, 2.05) is 19.1 Å². The molecule has 1 aliphatic heterocycles. The number of carbonyl (C=O) groups excluding carboxylic acids is 1. The lowest BCUT2D eigenvalue weighted by Gasteiger charge is -2.10. The normalized spacial score (nSPS) is 18.1. The summed E-state index contributed by atoms with van der Waals surface area (Å²) in [7, 11) is 0. The number of hydrogen-bond donors (Lipinski definition) is 2. The average molecular weight is 204 g/mol. The van der Waals surface area contributed by atoms with E-state index in [0.717, 1.165) is 6.42 Å². The molecule has 1 heterocycles. The number of nitrogens with one attached hydrogen (secondary N) is 2. The number of amides is 1. The van der Waals surface area contributed by atoms with Gasteiger partial charge in [-0.2, -0.15) is 0 Å². The summed E-state index contributed by atoms with van der Waals surface area (Å²) in [5.74, 6) is 0.128. The van der Waals surface area contributed by atoms with E-state index in [2.05, 4.69) is 22.8 Å². The molecule has 2 rings (SSSR count). The highest BCUT2D eigenvalue weighted by molar-refractivity contribution is 5.77. The maximum atomic E-state index is 11.4. The van der Waals surface area contributed by atoms with Gasteiger partial charge in [-0.05, 0) is 25.0 Å². The van der Waals surface area contributed by atoms with Crippen molar-refractivity contribution in [2.24, 2.45) is 0 Å². The fraction of sp³-hybridized carbons (Fsp3) is 0.417. The zero-order valence-corrected chi connectivity index (χ0v) is 8.92. The van der Waals surface area contributed by atoms with Crippen molar-refractivity contribution >= 4 is 11.6 Å². The predicted molar refractivity (Wildman–Crippen MR) is 60.9 cm³/mol. The van der Waals surface area contributed by atoms with Gasteiger partial charge in [0.15, 0.2) is 0 Å². The Morgan fingerprint density at radius 1 is 1.53 bits per heavy atom. The second-order valence-corrected chi connectivity index (χ2v) is 3.86. The molecule has 1 aliphatic rings. The van der Waals surface area contributed by atoms with Crippen LogP contribution in [0.2, 0.25) is 0 Å². The molecule has 0 bridgehead atoms. The second kappa shape index (κ2) is 4.34. The molecule has 1 aromatic carbocycles. The summed E-state index contributed by atoms with van der Waals surface area (Å²) in [5, 5.41) is 6.18. The number of benzene rings is 1. The van der Waals surface area contributed by atoms with Gasteiger partial charge in [0.25, 0.3) is 0 Å². The maximum Gasteiger partial charge on any atom is 0.222 e. The van der Waals surface area contributed by atoms with Crippen molar-refractivity contribution in [3.05, 3.63) is 29.8 Å². The van der Waals surface area contributed by atoms with Crippen LogP contribution in [0.15, 0.2) is 24.3 Å². The molecule has 1 atom stereocenters. The molecule has 0 radical (unpaired) electrons. The zero-order chi connectivity index (χ0) is 10.7. The summed E-state index contributed by atoms with van der Waals surface area (Å²) in [5.41, 5.74) is 2.48. The lowest BCUT2D eigenvalue weighted by Crippen LogP contribution is -2.29. The topological polar surface area (TPSA) is 41.1 Å². The van der Waals surface area contributed by atoms with E-state index in [9.17, 15) is 4.79 Å². The fourth-order valence-corrected chi connectivity index (χ4v) is 1.99. The standard InChI is InChI=1S/C12H16N2O/c1-2-13-12(15)8-10-7-9-5-3-4-6-11(9)14-10/h3-6,10,14H,2,7-8H2,1H3,(H,13,15). The van der Waals surface area contributed by atoms with E-state index in [0.29, 0.717) is 13.0 Å². The number of para-hydroxylation sites is 1. The van der Waals surface area contributed by atoms with E-state index in [-0.39, 0.29) is 11.9 Å². The second-order valence-electron chi connectivity index (χ2n) is 3.86. The minimum atomic E-state index is 0.128. The van der Waals surface area contributed by atoms with Gasteiger partial charge in [0.1, 0.15) is 0 Å². The first-order valence-electron chi connectivity index (χ1n) is 5.40. The van der Waals surface area contributed by atoms with Crippen LogP contribution in [0.25, 0.3) is 0 Å². The van der Waals surface area contributed by atoms with Gasteiger partial charge in [0.05, 0.1) is 0 Å². The molecule has 0 spiro atoms. The van der Waals surface area contributed by atoms with Gasteiger partial charge in [0, 0.05) is 24.7 Å². The molecule has 0 fully saturated rings. The number of hydrogen-bond acceptors (Lipinski definition) is 2. The summed E-state index contributed by atoms with van der Waals surface area (Å²) < 4.78 is 0. The Labute approximate surface area is 89.9 Å². The number of carbonyl (C=O) groups is 1. The molecule has 3 heteroatoms. The van der Waals surface area contributed by atoms with Gasteiger partial charge < -0.3 is 10.6 Å². The van der Waals surface area contributed by atoms with Crippen molar-refractivity contribution in [2.45, 2.75) is 25.8 Å². The highest BCUT2D eigenvalue weighted by Crippen LogP contribution is 2.26. The first-order chi connectivity index (χ1) is 7.29. The number of rotatable bonds is 3. The molecule has 1 aromatic rings. The highest BCUT2D eigenvalue weighted by atomic mass is 16.1. The lowest BCUT2D eigenvalue weighted by molar-refractivity contribution is -0.121. The monoisotopic (exact) mass is 204 g/mol. The smallest absolute Gasteiger partial charge is 0.222 e. The summed E-state index contributed by atoms with van der Waals surface area (Å²) in [4.78, 5) is 11.4. The molecule has 1 unspecified atom stereocenters. The summed E-state index contributed by atoms with van der Waals surface area (Å²) in [6, 6.07) is 8.48. The minimum absolute atomic E-state index is 0.128. The largest absolute Gasteiger partial charge is 0.381 e. The molecule has 0 saturated carbocycles. The van der Waals surface area contributed by atoms with Crippen LogP contribution < -0.4 is 10.6 Å². The maximum absolute atomic E-state index is 11.4. The number of anilines is 1. The quantitative estimate of drug-likeness (QED) is 0.784. The third-order valence-corrected chi connectivity index (χ3v) is 2.65. The van der Waals surface area contributed by atoms with Crippen LogP contribution in [0, 0.1) is 0 Å². The zero-order valence-electron chi connectivity index (χ0n) is 8.92. The summed E-state index contributed by atoms with van der Waals surface area (Å²) >= 11 is 0. The Hall–Kier alpha value is -1.51. The van der Waals surface area contributed by atoms with Crippen LogP contribution in [0.1, 0.15) is 18.9 Å². The lowest BCUT2D eigenvalue weighted by atomic mass is 10.1. The van der Waals surface area contributed by atoms with Crippen LogP contribution in [0.4, 0.5) is 5.69 Å². The molecule has 80 valence electrons. The van der Waals surface area contributed by atoms with Gasteiger partial charge in [-0.3, -0.25) is 4.79 Å². The highest BCUT2D eigenvalue weighted by Gasteiger charge is 2.21. The van der Waals surface area contributed by atoms with Crippen molar-refractivity contribution in [1.82, 2.24) is 5.32 Å². The third-order valence-electron chi connectivity index (χ3n) is 2.65. The third kappa shape index (κ3) is 2.29. The molecular weight excluding hydrogens is 188 g/mol. The summed E-state index contributed by atoms with van der Waals surface area (Å²) in [6.07, 6.45) is 1.51. The van der Waals surface area contributed by atoms with E-state index in [4.69, 9.17) is 0 Å². The van der Waals surface area contributed by atoms with Crippen LogP contribution in [-0.4, -0.2) is 18.5 Å². The molecule has 2 N–H and O–H groups in total. The van der Waals surface area contributed by atoms with Gasteiger partial charge in [-0.25, -0.2) is 0 Å². The first kappa shape index (κ1) is 10.0. The molecule has 0 aromatic heterocycles. The molecule has 15 heavy (non-hydrogen) atoms. The SMILES string of the molecule is CCNC(=O)CC1Cc2ccccc2N1. The van der Waals surface area contributed by atoms with Crippen molar-refractivity contribution in [3.63, 3.8) is 0 Å². The van der Waals surface area contributed by atoms with E-state index < -0.39 is 0 Å². The van der Waals surface area contributed by atoms with Gasteiger partial charge in [-0.15, -0.1) is 0 Å². The summed E-state index contributed by atoms with van der Waals surface area (Å²) in [6.45, 7) is 2.65. The van der Waals surface area contributed by atoms with Crippen molar-refractivity contribution in [3.8, 4) is 0 Å². The Morgan fingerprint density at radius 2 is 2.33 bits per heavy atom. The van der Waals surface area contributed by atoms with Gasteiger partial charge in [-0.1, -0.05) is 18.2 Å². The number of fused-ring (bicyclic) bond motifs is 1. The minimum Gasteiger partial charge on any atom is -0.381 e. The van der Waals surface area contributed by atoms with Crippen LogP contribution in [0.5, 0.6) is 0 Å². The molecular formula is C12H16N2O. The first-order valence-corrected chi connectivity index (χ1v) is 5.40.